The normalized spacial score (nSPS) is 12.5. The molecule has 4 heteroatoms. The summed E-state index contributed by atoms with van der Waals surface area (Å²) < 4.78 is 0. The van der Waals surface area contributed by atoms with Crippen molar-refractivity contribution in [2.45, 2.75) is 200 Å². The highest BCUT2D eigenvalue weighted by molar-refractivity contribution is 5.76. The van der Waals surface area contributed by atoms with Crippen LogP contribution in [0.4, 0.5) is 0 Å². The molecule has 48 heavy (non-hydrogen) atoms. The van der Waals surface area contributed by atoms with E-state index in [9.17, 15) is 4.79 Å². The Labute approximate surface area is 299 Å². The van der Waals surface area contributed by atoms with E-state index in [1.807, 2.05) is 13.2 Å². The zero-order valence-corrected chi connectivity index (χ0v) is 32.1. The van der Waals surface area contributed by atoms with E-state index in [2.05, 4.69) is 84.8 Å². The van der Waals surface area contributed by atoms with Crippen LogP contribution in [0.3, 0.4) is 0 Å². The van der Waals surface area contributed by atoms with Crippen LogP contribution in [0.15, 0.2) is 65.5 Å². The standard InChI is InChI=1S/C44H79N3O/c1-5-7-9-11-13-15-17-19-21-23-25-27-29-31-33-35-37-42(47-44(48)40-39-43(46-4)41-45-3)38-36-34-32-30-28-26-24-22-20-18-16-14-12-10-8-6-2/h13-16,19-22,41-42,45H,4-12,17-18,23-40H2,1-3H3,(H,47,48)/b15-13-,16-14-,21-19-,22-20-,43-41-. The molecular weight excluding hydrogens is 587 g/mol. The number of rotatable bonds is 36. The highest BCUT2D eigenvalue weighted by Gasteiger charge is 2.12. The molecule has 0 heterocycles. The molecule has 0 fully saturated rings. The average molecular weight is 666 g/mol. The molecule has 0 bridgehead atoms. The molecule has 0 aromatic carbocycles. The summed E-state index contributed by atoms with van der Waals surface area (Å²) in [5.74, 6) is 0.144. The van der Waals surface area contributed by atoms with Crippen LogP contribution in [-0.4, -0.2) is 25.7 Å². The molecule has 0 aromatic rings. The molecule has 0 unspecified atom stereocenters. The quantitative estimate of drug-likeness (QED) is 0.0397. The van der Waals surface area contributed by atoms with Gasteiger partial charge in [-0.1, -0.05) is 152 Å². The third-order valence-corrected chi connectivity index (χ3v) is 8.99. The van der Waals surface area contributed by atoms with Crippen molar-refractivity contribution in [2.24, 2.45) is 4.99 Å². The lowest BCUT2D eigenvalue weighted by atomic mass is 9.99. The number of nitrogens with one attached hydrogen (secondary N) is 2. The molecule has 4 nitrogen and oxygen atoms in total. The first-order valence-corrected chi connectivity index (χ1v) is 20.4. The molecule has 1 amide bonds. The SMILES string of the molecule is C=N/C(=C\NC)CCC(=O)NC(CCCCCCCC/C=C\C/C=C\CCCCC)CCCCCCCC/C=C\C/C=C\CCCCC. The third kappa shape index (κ3) is 35.0. The van der Waals surface area contributed by atoms with Crippen molar-refractivity contribution in [3.8, 4) is 0 Å². The van der Waals surface area contributed by atoms with Crippen molar-refractivity contribution >= 4 is 12.6 Å². The van der Waals surface area contributed by atoms with Crippen LogP contribution >= 0.6 is 0 Å². The molecule has 0 atom stereocenters. The minimum Gasteiger partial charge on any atom is -0.393 e. The molecule has 0 spiro atoms. The van der Waals surface area contributed by atoms with E-state index in [4.69, 9.17) is 0 Å². The van der Waals surface area contributed by atoms with E-state index >= 15 is 0 Å². The van der Waals surface area contributed by atoms with Gasteiger partial charge in [-0.25, -0.2) is 0 Å². The van der Waals surface area contributed by atoms with Crippen molar-refractivity contribution in [3.05, 3.63) is 60.5 Å². The van der Waals surface area contributed by atoms with Crippen molar-refractivity contribution in [3.63, 3.8) is 0 Å². The Morgan fingerprint density at radius 2 is 0.958 bits per heavy atom. The number of aliphatic imine (C=N–C) groups is 1. The Hall–Kier alpha value is -2.36. The first-order chi connectivity index (χ1) is 23.7. The number of amides is 1. The van der Waals surface area contributed by atoms with Gasteiger partial charge in [0.15, 0.2) is 0 Å². The van der Waals surface area contributed by atoms with Gasteiger partial charge in [0.2, 0.25) is 5.91 Å². The van der Waals surface area contributed by atoms with E-state index in [0.717, 1.165) is 31.4 Å². The molecule has 0 radical (unpaired) electrons. The van der Waals surface area contributed by atoms with Crippen molar-refractivity contribution in [2.75, 3.05) is 7.05 Å². The Morgan fingerprint density at radius 3 is 1.35 bits per heavy atom. The summed E-state index contributed by atoms with van der Waals surface area (Å²) in [5.41, 5.74) is 0.833. The van der Waals surface area contributed by atoms with Crippen LogP contribution in [0.25, 0.3) is 0 Å². The van der Waals surface area contributed by atoms with Gasteiger partial charge in [0.25, 0.3) is 0 Å². The molecule has 0 aliphatic rings. The van der Waals surface area contributed by atoms with Gasteiger partial charge in [-0.3, -0.25) is 9.79 Å². The molecule has 0 aliphatic carbocycles. The van der Waals surface area contributed by atoms with Crippen LogP contribution in [0.5, 0.6) is 0 Å². The fourth-order valence-electron chi connectivity index (χ4n) is 5.95. The Balaban J connectivity index is 4.18. The van der Waals surface area contributed by atoms with E-state index in [0.29, 0.717) is 18.9 Å². The smallest absolute Gasteiger partial charge is 0.220 e. The largest absolute Gasteiger partial charge is 0.393 e. The Bertz CT molecular complexity index is 805. The molecule has 276 valence electrons. The molecule has 0 saturated carbocycles. The van der Waals surface area contributed by atoms with Crippen molar-refractivity contribution < 1.29 is 4.79 Å². The van der Waals surface area contributed by atoms with Gasteiger partial charge in [-0.2, -0.15) is 0 Å². The number of unbranched alkanes of at least 4 members (excludes halogenated alkanes) is 18. The maximum absolute atomic E-state index is 12.8. The lowest BCUT2D eigenvalue weighted by molar-refractivity contribution is -0.121. The zero-order valence-electron chi connectivity index (χ0n) is 32.1. The zero-order chi connectivity index (χ0) is 35.0. The summed E-state index contributed by atoms with van der Waals surface area (Å²) in [7, 11) is 1.85. The van der Waals surface area contributed by atoms with Crippen LogP contribution < -0.4 is 10.6 Å². The molecule has 2 N–H and O–H groups in total. The second kappa shape index (κ2) is 39.1. The fourth-order valence-corrected chi connectivity index (χ4v) is 5.95. The summed E-state index contributed by atoms with van der Waals surface area (Å²) in [6.07, 6.45) is 54.2. The van der Waals surface area contributed by atoms with E-state index in [1.54, 1.807) is 0 Å². The van der Waals surface area contributed by atoms with Crippen molar-refractivity contribution in [1.29, 1.82) is 0 Å². The molecule has 0 aromatic heterocycles. The molecule has 0 saturated heterocycles. The first-order valence-electron chi connectivity index (χ1n) is 20.4. The number of allylic oxidation sites excluding steroid dienone is 9. The highest BCUT2D eigenvalue weighted by atomic mass is 16.1. The van der Waals surface area contributed by atoms with Crippen LogP contribution in [0, 0.1) is 0 Å². The summed E-state index contributed by atoms with van der Waals surface area (Å²) in [4.78, 5) is 16.8. The average Bonchev–Trinajstić information content (AvgIpc) is 3.09. The number of hydrogen-bond acceptors (Lipinski definition) is 3. The topological polar surface area (TPSA) is 53.5 Å². The first kappa shape index (κ1) is 45.6. The minimum atomic E-state index is 0.144. The van der Waals surface area contributed by atoms with Crippen molar-refractivity contribution in [1.82, 2.24) is 10.6 Å². The van der Waals surface area contributed by atoms with Gasteiger partial charge in [-0.15, -0.1) is 0 Å². The number of hydrogen-bond donors (Lipinski definition) is 2. The monoisotopic (exact) mass is 666 g/mol. The van der Waals surface area contributed by atoms with E-state index < -0.39 is 0 Å². The predicted molar refractivity (Wildman–Crippen MR) is 216 cm³/mol. The van der Waals surface area contributed by atoms with E-state index in [1.165, 1.54) is 141 Å². The fraction of sp³-hybridized carbons (Fsp3) is 0.727. The van der Waals surface area contributed by atoms with Crippen LogP contribution in [-0.2, 0) is 4.79 Å². The minimum absolute atomic E-state index is 0.144. The molecular formula is C44H79N3O. The van der Waals surface area contributed by atoms with E-state index in [-0.39, 0.29) is 5.91 Å². The van der Waals surface area contributed by atoms with Gasteiger partial charge in [-0.05, 0) is 90.2 Å². The second-order valence-electron chi connectivity index (χ2n) is 13.6. The van der Waals surface area contributed by atoms with Gasteiger partial charge in [0.05, 0.1) is 5.70 Å². The summed E-state index contributed by atoms with van der Waals surface area (Å²) in [6, 6.07) is 0.294. The van der Waals surface area contributed by atoms with Gasteiger partial charge in [0.1, 0.15) is 0 Å². The lowest BCUT2D eigenvalue weighted by Crippen LogP contribution is -2.34. The lowest BCUT2D eigenvalue weighted by Gasteiger charge is -2.19. The number of carbonyl (C=O) groups excluding carboxylic acids is 1. The third-order valence-electron chi connectivity index (χ3n) is 8.99. The maximum atomic E-state index is 12.8. The molecule has 0 aliphatic heterocycles. The second-order valence-corrected chi connectivity index (χ2v) is 13.6. The van der Waals surface area contributed by atoms with Gasteiger partial charge >= 0.3 is 0 Å². The summed E-state index contributed by atoms with van der Waals surface area (Å²) >= 11 is 0. The van der Waals surface area contributed by atoms with Crippen LogP contribution in [0.2, 0.25) is 0 Å². The summed E-state index contributed by atoms with van der Waals surface area (Å²) in [6.45, 7) is 8.15. The Morgan fingerprint density at radius 1 is 0.562 bits per heavy atom. The van der Waals surface area contributed by atoms with Gasteiger partial charge in [0, 0.05) is 25.7 Å². The highest BCUT2D eigenvalue weighted by Crippen LogP contribution is 2.16. The molecule has 0 rings (SSSR count). The Kier molecular flexibility index (Phi) is 37.2. The van der Waals surface area contributed by atoms with Gasteiger partial charge < -0.3 is 10.6 Å². The maximum Gasteiger partial charge on any atom is 0.220 e. The number of nitrogens with zero attached hydrogens (tertiary/aromatic N) is 1. The predicted octanol–water partition coefficient (Wildman–Crippen LogP) is 13.4. The van der Waals surface area contributed by atoms with Crippen LogP contribution in [0.1, 0.15) is 194 Å². The summed E-state index contributed by atoms with van der Waals surface area (Å²) in [5, 5.41) is 6.36. The number of carbonyl (C=O) groups is 1.